The maximum Gasteiger partial charge on any atom is 0.236 e. The SMILES string of the molecule is CN(CC1(c2ccc(Br)cc2)CC1)C(=O)CNCC1CC1. The summed E-state index contributed by atoms with van der Waals surface area (Å²) in [5.41, 5.74) is 1.55. The van der Waals surface area contributed by atoms with Gasteiger partial charge in [-0.05, 0) is 55.8 Å². The van der Waals surface area contributed by atoms with Crippen LogP contribution < -0.4 is 5.32 Å². The summed E-state index contributed by atoms with van der Waals surface area (Å²) in [5.74, 6) is 1.03. The van der Waals surface area contributed by atoms with Crippen molar-refractivity contribution in [1.29, 1.82) is 0 Å². The first-order chi connectivity index (χ1) is 10.1. The van der Waals surface area contributed by atoms with E-state index in [-0.39, 0.29) is 11.3 Å². The van der Waals surface area contributed by atoms with Gasteiger partial charge in [-0.2, -0.15) is 0 Å². The van der Waals surface area contributed by atoms with Gasteiger partial charge >= 0.3 is 0 Å². The van der Waals surface area contributed by atoms with Gasteiger partial charge < -0.3 is 10.2 Å². The molecule has 1 aromatic carbocycles. The van der Waals surface area contributed by atoms with Gasteiger partial charge in [0.2, 0.25) is 5.91 Å². The van der Waals surface area contributed by atoms with Gasteiger partial charge in [0.25, 0.3) is 0 Å². The lowest BCUT2D eigenvalue weighted by atomic mass is 9.95. The van der Waals surface area contributed by atoms with Crippen molar-refractivity contribution >= 4 is 21.8 Å². The van der Waals surface area contributed by atoms with E-state index < -0.39 is 0 Å². The summed E-state index contributed by atoms with van der Waals surface area (Å²) in [6, 6.07) is 8.55. The zero-order valence-corrected chi connectivity index (χ0v) is 14.2. The zero-order valence-electron chi connectivity index (χ0n) is 12.6. The van der Waals surface area contributed by atoms with Crippen molar-refractivity contribution in [3.8, 4) is 0 Å². The van der Waals surface area contributed by atoms with Gasteiger partial charge in [0.05, 0.1) is 6.54 Å². The molecule has 0 aliphatic heterocycles. The first-order valence-corrected chi connectivity index (χ1v) is 8.59. The van der Waals surface area contributed by atoms with E-state index in [1.165, 1.54) is 31.2 Å². The van der Waals surface area contributed by atoms with E-state index in [9.17, 15) is 4.79 Å². The second kappa shape index (κ2) is 6.09. The molecule has 3 nitrogen and oxygen atoms in total. The Bertz CT molecular complexity index is 506. The van der Waals surface area contributed by atoms with Gasteiger partial charge in [0, 0.05) is 23.5 Å². The number of amides is 1. The summed E-state index contributed by atoms with van der Waals surface area (Å²) in [6.45, 7) is 2.30. The molecule has 114 valence electrons. The third-order valence-corrected chi connectivity index (χ3v) is 5.21. The minimum atomic E-state index is 0.196. The Morgan fingerprint density at radius 1 is 1.33 bits per heavy atom. The number of rotatable bonds is 7. The number of benzene rings is 1. The van der Waals surface area contributed by atoms with Crippen LogP contribution >= 0.6 is 15.9 Å². The third kappa shape index (κ3) is 3.86. The lowest BCUT2D eigenvalue weighted by Crippen LogP contribution is -2.40. The third-order valence-electron chi connectivity index (χ3n) is 4.68. The number of hydrogen-bond acceptors (Lipinski definition) is 2. The Kier molecular flexibility index (Phi) is 4.36. The average molecular weight is 351 g/mol. The lowest BCUT2D eigenvalue weighted by molar-refractivity contribution is -0.129. The van der Waals surface area contributed by atoms with Gasteiger partial charge in [0.15, 0.2) is 0 Å². The summed E-state index contributed by atoms with van der Waals surface area (Å²) < 4.78 is 1.11. The largest absolute Gasteiger partial charge is 0.344 e. The van der Waals surface area contributed by atoms with E-state index in [4.69, 9.17) is 0 Å². The fourth-order valence-corrected chi connectivity index (χ4v) is 3.14. The molecule has 0 spiro atoms. The molecule has 2 fully saturated rings. The first kappa shape index (κ1) is 15.0. The van der Waals surface area contributed by atoms with E-state index in [0.717, 1.165) is 23.5 Å². The fraction of sp³-hybridized carbons (Fsp3) is 0.588. The molecular weight excluding hydrogens is 328 g/mol. The Balaban J connectivity index is 1.52. The normalized spacial score (nSPS) is 19.3. The number of nitrogens with one attached hydrogen (secondary N) is 1. The molecular formula is C17H23BrN2O. The van der Waals surface area contributed by atoms with Crippen molar-refractivity contribution in [3.63, 3.8) is 0 Å². The monoisotopic (exact) mass is 350 g/mol. The van der Waals surface area contributed by atoms with E-state index in [1.807, 2.05) is 11.9 Å². The van der Waals surface area contributed by atoms with Crippen LogP contribution in [0, 0.1) is 5.92 Å². The maximum atomic E-state index is 12.2. The highest BCUT2D eigenvalue weighted by Gasteiger charge is 2.45. The van der Waals surface area contributed by atoms with Gasteiger partial charge in [-0.1, -0.05) is 28.1 Å². The van der Waals surface area contributed by atoms with Crippen LogP contribution in [0.3, 0.4) is 0 Å². The van der Waals surface area contributed by atoms with E-state index in [2.05, 4.69) is 45.5 Å². The molecule has 2 aliphatic rings. The molecule has 2 saturated carbocycles. The standard InChI is InChI=1S/C17H23BrN2O/c1-20(16(21)11-19-10-13-2-3-13)12-17(8-9-17)14-4-6-15(18)7-5-14/h4-7,13,19H,2-3,8-12H2,1H3. The summed E-state index contributed by atoms with van der Waals surface area (Å²) >= 11 is 3.48. The van der Waals surface area contributed by atoms with Crippen molar-refractivity contribution in [3.05, 3.63) is 34.3 Å². The second-order valence-corrected chi connectivity index (χ2v) is 7.53. The average Bonchev–Trinajstić information content (AvgIpc) is 3.35. The molecule has 1 N–H and O–H groups in total. The lowest BCUT2D eigenvalue weighted by Gasteiger charge is -2.24. The number of halogens is 1. The van der Waals surface area contributed by atoms with Crippen LogP contribution in [0.15, 0.2) is 28.7 Å². The Labute approximate surface area is 135 Å². The minimum Gasteiger partial charge on any atom is -0.344 e. The molecule has 21 heavy (non-hydrogen) atoms. The number of carbonyl (C=O) groups is 1. The first-order valence-electron chi connectivity index (χ1n) is 7.80. The molecule has 1 amide bonds. The highest BCUT2D eigenvalue weighted by molar-refractivity contribution is 9.10. The van der Waals surface area contributed by atoms with E-state index >= 15 is 0 Å². The number of carbonyl (C=O) groups excluding carboxylic acids is 1. The summed E-state index contributed by atoms with van der Waals surface area (Å²) in [6.07, 6.45) is 5.01. The van der Waals surface area contributed by atoms with Crippen molar-refractivity contribution in [2.75, 3.05) is 26.7 Å². The molecule has 2 aliphatic carbocycles. The number of nitrogens with zero attached hydrogens (tertiary/aromatic N) is 1. The Morgan fingerprint density at radius 2 is 2.00 bits per heavy atom. The van der Waals surface area contributed by atoms with Crippen LogP contribution in [-0.4, -0.2) is 37.5 Å². The van der Waals surface area contributed by atoms with Gasteiger partial charge in [-0.25, -0.2) is 0 Å². The summed E-state index contributed by atoms with van der Waals surface area (Å²) in [7, 11) is 1.93. The molecule has 1 aromatic rings. The van der Waals surface area contributed by atoms with E-state index in [1.54, 1.807) is 0 Å². The number of hydrogen-bond donors (Lipinski definition) is 1. The predicted molar refractivity (Wildman–Crippen MR) is 88.3 cm³/mol. The molecule has 0 atom stereocenters. The van der Waals surface area contributed by atoms with E-state index in [0.29, 0.717) is 6.54 Å². The van der Waals surface area contributed by atoms with Crippen molar-refractivity contribution in [1.82, 2.24) is 10.2 Å². The summed E-state index contributed by atoms with van der Waals surface area (Å²) in [4.78, 5) is 14.1. The second-order valence-electron chi connectivity index (χ2n) is 6.61. The quantitative estimate of drug-likeness (QED) is 0.819. The highest BCUT2D eigenvalue weighted by Crippen LogP contribution is 2.48. The zero-order chi connectivity index (χ0) is 14.9. The number of likely N-dealkylation sites (N-methyl/N-ethyl adjacent to an activating group) is 1. The molecule has 0 aromatic heterocycles. The van der Waals surface area contributed by atoms with Crippen molar-refractivity contribution in [2.24, 2.45) is 5.92 Å². The van der Waals surface area contributed by atoms with Crippen molar-refractivity contribution in [2.45, 2.75) is 31.1 Å². The Hall–Kier alpha value is -0.870. The molecule has 4 heteroatoms. The smallest absolute Gasteiger partial charge is 0.236 e. The minimum absolute atomic E-state index is 0.196. The van der Waals surface area contributed by atoms with Gasteiger partial charge in [-0.3, -0.25) is 4.79 Å². The Morgan fingerprint density at radius 3 is 2.57 bits per heavy atom. The van der Waals surface area contributed by atoms with Crippen LogP contribution in [0.4, 0.5) is 0 Å². The molecule has 0 unspecified atom stereocenters. The van der Waals surface area contributed by atoms with Gasteiger partial charge in [-0.15, -0.1) is 0 Å². The topological polar surface area (TPSA) is 32.3 Å². The van der Waals surface area contributed by atoms with Crippen LogP contribution in [0.5, 0.6) is 0 Å². The van der Waals surface area contributed by atoms with Crippen LogP contribution in [-0.2, 0) is 10.2 Å². The highest BCUT2D eigenvalue weighted by atomic mass is 79.9. The van der Waals surface area contributed by atoms with Gasteiger partial charge in [0.1, 0.15) is 0 Å². The molecule has 0 saturated heterocycles. The van der Waals surface area contributed by atoms with Crippen LogP contribution in [0.2, 0.25) is 0 Å². The van der Waals surface area contributed by atoms with Crippen molar-refractivity contribution < 1.29 is 4.79 Å². The van der Waals surface area contributed by atoms with Crippen LogP contribution in [0.1, 0.15) is 31.2 Å². The summed E-state index contributed by atoms with van der Waals surface area (Å²) in [5, 5.41) is 3.28. The molecule has 0 heterocycles. The predicted octanol–water partition coefficient (Wildman–Crippen LogP) is 2.94. The fourth-order valence-electron chi connectivity index (χ4n) is 2.87. The molecule has 0 bridgehead atoms. The van der Waals surface area contributed by atoms with Crippen LogP contribution in [0.25, 0.3) is 0 Å². The molecule has 0 radical (unpaired) electrons. The molecule has 3 rings (SSSR count). The maximum absolute atomic E-state index is 12.2.